The van der Waals surface area contributed by atoms with Gasteiger partial charge in [-0.3, -0.25) is 0 Å². The molecule has 21 heavy (non-hydrogen) atoms. The van der Waals surface area contributed by atoms with Crippen LogP contribution in [0.3, 0.4) is 0 Å². The summed E-state index contributed by atoms with van der Waals surface area (Å²) < 4.78 is 13.0. The van der Waals surface area contributed by atoms with Crippen molar-refractivity contribution < 1.29 is 4.39 Å². The zero-order valence-corrected chi connectivity index (χ0v) is 12.2. The summed E-state index contributed by atoms with van der Waals surface area (Å²) in [5.41, 5.74) is 7.60. The van der Waals surface area contributed by atoms with Gasteiger partial charge in [0.05, 0.1) is 10.7 Å². The molecule has 3 rings (SSSR count). The Hall–Kier alpha value is -2.01. The molecule has 0 spiro atoms. The molecule has 1 aliphatic heterocycles. The molecule has 0 radical (unpaired) electrons. The Bertz CT molecular complexity index is 624. The summed E-state index contributed by atoms with van der Waals surface area (Å²) in [6.07, 6.45) is 1.61. The second-order valence-corrected chi connectivity index (χ2v) is 5.45. The molecule has 110 valence electrons. The van der Waals surface area contributed by atoms with Gasteiger partial charge in [-0.1, -0.05) is 11.6 Å². The van der Waals surface area contributed by atoms with Crippen LogP contribution in [-0.4, -0.2) is 31.2 Å². The van der Waals surface area contributed by atoms with Crippen molar-refractivity contribution in [3.63, 3.8) is 0 Å². The summed E-state index contributed by atoms with van der Waals surface area (Å²) in [5.74, 6) is 0.564. The Kier molecular flexibility index (Phi) is 3.84. The van der Waals surface area contributed by atoms with E-state index in [0.29, 0.717) is 10.7 Å². The van der Waals surface area contributed by atoms with Crippen molar-refractivity contribution in [1.82, 2.24) is 4.98 Å². The van der Waals surface area contributed by atoms with Crippen molar-refractivity contribution in [3.8, 4) is 0 Å². The van der Waals surface area contributed by atoms with Crippen LogP contribution in [0.1, 0.15) is 0 Å². The van der Waals surface area contributed by atoms with Crippen molar-refractivity contribution in [1.29, 1.82) is 0 Å². The van der Waals surface area contributed by atoms with Crippen molar-refractivity contribution in [2.45, 2.75) is 0 Å². The van der Waals surface area contributed by atoms with Crippen LogP contribution >= 0.6 is 11.6 Å². The number of hydrogen-bond donors (Lipinski definition) is 1. The first-order chi connectivity index (χ1) is 10.1. The predicted molar refractivity (Wildman–Crippen MR) is 84.5 cm³/mol. The summed E-state index contributed by atoms with van der Waals surface area (Å²) in [7, 11) is 0. The maximum Gasteiger partial charge on any atom is 0.151 e. The smallest absolute Gasteiger partial charge is 0.151 e. The average molecular weight is 307 g/mol. The van der Waals surface area contributed by atoms with Gasteiger partial charge in [-0.25, -0.2) is 9.37 Å². The predicted octanol–water partition coefficient (Wildman–Crippen LogP) is 2.78. The van der Waals surface area contributed by atoms with Gasteiger partial charge in [0.25, 0.3) is 0 Å². The minimum atomic E-state index is -0.212. The van der Waals surface area contributed by atoms with Gasteiger partial charge in [0, 0.05) is 38.1 Å². The summed E-state index contributed by atoms with van der Waals surface area (Å²) in [6, 6.07) is 8.30. The largest absolute Gasteiger partial charge is 0.396 e. The highest BCUT2D eigenvalue weighted by molar-refractivity contribution is 6.30. The SMILES string of the molecule is Nc1cc(Cl)cnc1N1CCN(c2ccc(F)cc2)CC1. The van der Waals surface area contributed by atoms with Gasteiger partial charge in [0.1, 0.15) is 5.82 Å². The van der Waals surface area contributed by atoms with E-state index in [-0.39, 0.29) is 5.82 Å². The Morgan fingerprint density at radius 1 is 1.05 bits per heavy atom. The van der Waals surface area contributed by atoms with Gasteiger partial charge in [0.2, 0.25) is 0 Å². The molecule has 1 aromatic heterocycles. The van der Waals surface area contributed by atoms with Gasteiger partial charge < -0.3 is 15.5 Å². The quantitative estimate of drug-likeness (QED) is 0.927. The van der Waals surface area contributed by atoms with Crippen molar-refractivity contribution in [2.24, 2.45) is 0 Å². The number of nitrogens with two attached hydrogens (primary N) is 1. The molecule has 0 atom stereocenters. The van der Waals surface area contributed by atoms with E-state index in [2.05, 4.69) is 14.8 Å². The minimum Gasteiger partial charge on any atom is -0.396 e. The number of hydrogen-bond acceptors (Lipinski definition) is 4. The van der Waals surface area contributed by atoms with Crippen LogP contribution in [0.15, 0.2) is 36.5 Å². The number of pyridine rings is 1. The number of anilines is 3. The van der Waals surface area contributed by atoms with Gasteiger partial charge >= 0.3 is 0 Å². The van der Waals surface area contributed by atoms with E-state index >= 15 is 0 Å². The molecule has 1 saturated heterocycles. The van der Waals surface area contributed by atoms with E-state index in [9.17, 15) is 4.39 Å². The van der Waals surface area contributed by atoms with E-state index in [1.165, 1.54) is 12.1 Å². The molecule has 0 aliphatic carbocycles. The molecule has 0 bridgehead atoms. The lowest BCUT2D eigenvalue weighted by Crippen LogP contribution is -2.47. The Morgan fingerprint density at radius 3 is 2.29 bits per heavy atom. The molecule has 1 fully saturated rings. The normalized spacial score (nSPS) is 15.3. The molecule has 1 aromatic carbocycles. The van der Waals surface area contributed by atoms with E-state index < -0.39 is 0 Å². The molecule has 4 nitrogen and oxygen atoms in total. The lowest BCUT2D eigenvalue weighted by molar-refractivity contribution is 0.624. The molecular weight excluding hydrogens is 291 g/mol. The average Bonchev–Trinajstić information content (AvgIpc) is 2.48. The number of nitrogen functional groups attached to an aromatic ring is 1. The molecule has 2 aromatic rings. The fourth-order valence-corrected chi connectivity index (χ4v) is 2.71. The molecule has 0 unspecified atom stereocenters. The van der Waals surface area contributed by atoms with Crippen LogP contribution in [0.25, 0.3) is 0 Å². The molecule has 2 heterocycles. The molecule has 0 amide bonds. The molecular formula is C15H16ClFN4. The molecule has 0 saturated carbocycles. The summed E-state index contributed by atoms with van der Waals surface area (Å²) >= 11 is 5.87. The zero-order valence-electron chi connectivity index (χ0n) is 11.5. The van der Waals surface area contributed by atoms with Crippen molar-refractivity contribution >= 4 is 28.8 Å². The first-order valence-electron chi connectivity index (χ1n) is 6.80. The Labute approximate surface area is 127 Å². The molecule has 2 N–H and O–H groups in total. The third-order valence-corrected chi connectivity index (χ3v) is 3.84. The summed E-state index contributed by atoms with van der Waals surface area (Å²) in [5, 5.41) is 0.543. The monoisotopic (exact) mass is 306 g/mol. The van der Waals surface area contributed by atoms with Crippen LogP contribution < -0.4 is 15.5 Å². The number of halogens is 2. The topological polar surface area (TPSA) is 45.4 Å². The Balaban J connectivity index is 1.68. The second-order valence-electron chi connectivity index (χ2n) is 5.02. The fourth-order valence-electron chi connectivity index (χ4n) is 2.54. The summed E-state index contributed by atoms with van der Waals surface area (Å²) in [6.45, 7) is 3.32. The van der Waals surface area contributed by atoms with Crippen molar-refractivity contribution in [2.75, 3.05) is 41.7 Å². The zero-order chi connectivity index (χ0) is 14.8. The molecule has 1 aliphatic rings. The highest BCUT2D eigenvalue weighted by atomic mass is 35.5. The number of benzene rings is 1. The maximum atomic E-state index is 13.0. The van der Waals surface area contributed by atoms with Crippen LogP contribution in [0.4, 0.5) is 21.6 Å². The standard InChI is InChI=1S/C15H16ClFN4/c16-11-9-14(18)15(19-10-11)21-7-5-20(6-8-21)13-3-1-12(17)2-4-13/h1-4,9-10H,5-8,18H2. The fraction of sp³-hybridized carbons (Fsp3) is 0.267. The maximum absolute atomic E-state index is 13.0. The van der Waals surface area contributed by atoms with Gasteiger partial charge in [-0.05, 0) is 30.3 Å². The lowest BCUT2D eigenvalue weighted by atomic mass is 10.2. The number of nitrogens with zero attached hydrogens (tertiary/aromatic N) is 3. The first-order valence-corrected chi connectivity index (χ1v) is 7.18. The van der Waals surface area contributed by atoms with E-state index in [4.69, 9.17) is 17.3 Å². The number of rotatable bonds is 2. The lowest BCUT2D eigenvalue weighted by Gasteiger charge is -2.37. The van der Waals surface area contributed by atoms with Crippen LogP contribution in [-0.2, 0) is 0 Å². The number of aromatic nitrogens is 1. The van der Waals surface area contributed by atoms with Crippen LogP contribution in [0.5, 0.6) is 0 Å². The summed E-state index contributed by atoms with van der Waals surface area (Å²) in [4.78, 5) is 8.68. The van der Waals surface area contributed by atoms with Gasteiger partial charge in [0.15, 0.2) is 5.82 Å². The minimum absolute atomic E-state index is 0.212. The van der Waals surface area contributed by atoms with E-state index in [1.54, 1.807) is 24.4 Å². The third-order valence-electron chi connectivity index (χ3n) is 3.63. The number of piperazine rings is 1. The highest BCUT2D eigenvalue weighted by Crippen LogP contribution is 2.25. The first kappa shape index (κ1) is 13.9. The Morgan fingerprint density at radius 2 is 1.67 bits per heavy atom. The van der Waals surface area contributed by atoms with Crippen LogP contribution in [0.2, 0.25) is 5.02 Å². The van der Waals surface area contributed by atoms with Gasteiger partial charge in [-0.15, -0.1) is 0 Å². The van der Waals surface area contributed by atoms with E-state index in [0.717, 1.165) is 37.7 Å². The van der Waals surface area contributed by atoms with E-state index in [1.807, 2.05) is 0 Å². The van der Waals surface area contributed by atoms with Crippen molar-refractivity contribution in [3.05, 3.63) is 47.4 Å². The second kappa shape index (κ2) is 5.77. The van der Waals surface area contributed by atoms with Crippen LogP contribution in [0, 0.1) is 5.82 Å². The third kappa shape index (κ3) is 3.03. The highest BCUT2D eigenvalue weighted by Gasteiger charge is 2.20. The molecule has 6 heteroatoms. The van der Waals surface area contributed by atoms with Gasteiger partial charge in [-0.2, -0.15) is 0 Å².